The summed E-state index contributed by atoms with van der Waals surface area (Å²) in [5.41, 5.74) is 0. The van der Waals surface area contributed by atoms with Gasteiger partial charge >= 0.3 is 0 Å². The van der Waals surface area contributed by atoms with Gasteiger partial charge in [-0.05, 0) is 44.5 Å². The molecule has 1 fully saturated rings. The van der Waals surface area contributed by atoms with E-state index < -0.39 is 6.10 Å². The molecule has 5 nitrogen and oxygen atoms in total. The molecule has 2 heterocycles. The predicted octanol–water partition coefficient (Wildman–Crippen LogP) is 1.30. The van der Waals surface area contributed by atoms with Crippen molar-refractivity contribution in [1.82, 2.24) is 10.2 Å². The number of carbonyl (C=O) groups is 1. The number of hydrogen-bond acceptors (Lipinski definition) is 4. The second kappa shape index (κ2) is 6.73. The Kier molecular flexibility index (Phi) is 4.99. The van der Waals surface area contributed by atoms with Crippen LogP contribution >= 0.6 is 0 Å². The summed E-state index contributed by atoms with van der Waals surface area (Å²) in [4.78, 5) is 14.3. The van der Waals surface area contributed by atoms with Crippen molar-refractivity contribution < 1.29 is 14.3 Å². The number of hydrogen-bond donors (Lipinski definition) is 2. The largest absolute Gasteiger partial charge is 0.467 e. The molecule has 106 valence electrons. The fraction of sp³-hybridized carbons (Fsp3) is 0.643. The predicted molar refractivity (Wildman–Crippen MR) is 71.6 cm³/mol. The number of nitrogens with zero attached hydrogens (tertiary/aromatic N) is 1. The number of nitrogens with one attached hydrogen (secondary N) is 1. The summed E-state index contributed by atoms with van der Waals surface area (Å²) in [6, 6.07) is 3.39. The van der Waals surface area contributed by atoms with E-state index in [1.807, 2.05) is 0 Å². The third kappa shape index (κ3) is 3.58. The molecule has 2 rings (SSSR count). The van der Waals surface area contributed by atoms with Crippen molar-refractivity contribution >= 4 is 5.91 Å². The number of rotatable bonds is 6. The van der Waals surface area contributed by atoms with Gasteiger partial charge < -0.3 is 14.8 Å². The highest BCUT2D eigenvalue weighted by atomic mass is 16.4. The van der Waals surface area contributed by atoms with E-state index >= 15 is 0 Å². The lowest BCUT2D eigenvalue weighted by molar-refractivity contribution is -0.126. The summed E-state index contributed by atoms with van der Waals surface area (Å²) >= 11 is 0. The van der Waals surface area contributed by atoms with Crippen LogP contribution in [0.25, 0.3) is 0 Å². The smallest absolute Gasteiger partial charge is 0.237 e. The third-order valence-corrected chi connectivity index (χ3v) is 3.52. The maximum absolute atomic E-state index is 12.1. The van der Waals surface area contributed by atoms with Crippen molar-refractivity contribution in [3.63, 3.8) is 0 Å². The zero-order valence-electron chi connectivity index (χ0n) is 11.3. The minimum atomic E-state index is -0.778. The lowest BCUT2D eigenvalue weighted by atomic mass is 10.2. The molecule has 0 radical (unpaired) electrons. The maximum atomic E-state index is 12.1. The second-order valence-corrected chi connectivity index (χ2v) is 4.97. The molecule has 1 saturated heterocycles. The Morgan fingerprint density at radius 3 is 3.21 bits per heavy atom. The van der Waals surface area contributed by atoms with E-state index in [4.69, 9.17) is 4.42 Å². The first kappa shape index (κ1) is 14.1. The molecule has 0 bridgehead atoms. The van der Waals surface area contributed by atoms with Gasteiger partial charge in [0.05, 0.1) is 18.8 Å². The number of likely N-dealkylation sites (tertiary alicyclic amines) is 1. The normalized spacial score (nSPS) is 21.5. The Bertz CT molecular complexity index is 391. The molecule has 1 aliphatic heterocycles. The van der Waals surface area contributed by atoms with Gasteiger partial charge in [0.15, 0.2) is 0 Å². The molecule has 1 aliphatic rings. The summed E-state index contributed by atoms with van der Waals surface area (Å²) < 4.78 is 5.10. The topological polar surface area (TPSA) is 65.7 Å². The first-order chi connectivity index (χ1) is 9.22. The lowest BCUT2D eigenvalue weighted by Crippen LogP contribution is -2.44. The summed E-state index contributed by atoms with van der Waals surface area (Å²) in [6.07, 6.45) is 3.76. The van der Waals surface area contributed by atoms with E-state index in [-0.39, 0.29) is 18.5 Å². The molecule has 1 aromatic heterocycles. The van der Waals surface area contributed by atoms with Gasteiger partial charge in [-0.1, -0.05) is 6.92 Å². The van der Waals surface area contributed by atoms with E-state index in [2.05, 4.69) is 17.1 Å². The lowest BCUT2D eigenvalue weighted by Gasteiger charge is -2.23. The standard InChI is InChI=1S/C14H22N2O3/c1-2-7-16-8-3-5-11(16)14(18)15-10-12(17)13-6-4-9-19-13/h4,6,9,11-12,17H,2-3,5,7-8,10H2,1H3,(H,15,18). The van der Waals surface area contributed by atoms with Gasteiger partial charge in [-0.15, -0.1) is 0 Å². The van der Waals surface area contributed by atoms with Gasteiger partial charge in [0, 0.05) is 0 Å². The van der Waals surface area contributed by atoms with Gasteiger partial charge in [0.25, 0.3) is 0 Å². The molecular formula is C14H22N2O3. The summed E-state index contributed by atoms with van der Waals surface area (Å²) in [7, 11) is 0. The minimum Gasteiger partial charge on any atom is -0.467 e. The molecule has 1 aromatic rings. The van der Waals surface area contributed by atoms with Crippen LogP contribution in [-0.4, -0.2) is 41.6 Å². The Morgan fingerprint density at radius 1 is 1.68 bits per heavy atom. The highest BCUT2D eigenvalue weighted by Gasteiger charge is 2.30. The fourth-order valence-electron chi connectivity index (χ4n) is 2.57. The quantitative estimate of drug-likeness (QED) is 0.814. The van der Waals surface area contributed by atoms with Crippen molar-refractivity contribution in [2.45, 2.75) is 38.3 Å². The van der Waals surface area contributed by atoms with Crippen LogP contribution in [0.15, 0.2) is 22.8 Å². The van der Waals surface area contributed by atoms with Crippen LogP contribution in [0, 0.1) is 0 Å². The zero-order valence-corrected chi connectivity index (χ0v) is 11.3. The second-order valence-electron chi connectivity index (χ2n) is 4.97. The molecule has 0 aromatic carbocycles. The van der Waals surface area contributed by atoms with Crippen LogP contribution in [0.2, 0.25) is 0 Å². The van der Waals surface area contributed by atoms with Crippen LogP contribution in [-0.2, 0) is 4.79 Å². The number of amides is 1. The van der Waals surface area contributed by atoms with Crippen LogP contribution in [0.3, 0.4) is 0 Å². The number of aliphatic hydroxyl groups excluding tert-OH is 1. The van der Waals surface area contributed by atoms with Crippen molar-refractivity contribution in [2.24, 2.45) is 0 Å². The highest BCUT2D eigenvalue weighted by Crippen LogP contribution is 2.18. The summed E-state index contributed by atoms with van der Waals surface area (Å²) in [5, 5.41) is 12.7. The van der Waals surface area contributed by atoms with E-state index in [1.165, 1.54) is 6.26 Å². The Labute approximate surface area is 113 Å². The van der Waals surface area contributed by atoms with Crippen molar-refractivity contribution in [1.29, 1.82) is 0 Å². The molecule has 0 spiro atoms. The first-order valence-electron chi connectivity index (χ1n) is 6.95. The summed E-state index contributed by atoms with van der Waals surface area (Å²) in [6.45, 7) is 4.27. The van der Waals surface area contributed by atoms with E-state index in [9.17, 15) is 9.90 Å². The van der Waals surface area contributed by atoms with E-state index in [0.29, 0.717) is 5.76 Å². The Morgan fingerprint density at radius 2 is 2.53 bits per heavy atom. The van der Waals surface area contributed by atoms with Crippen LogP contribution < -0.4 is 5.32 Å². The van der Waals surface area contributed by atoms with Crippen molar-refractivity contribution in [3.05, 3.63) is 24.2 Å². The Hall–Kier alpha value is -1.33. The van der Waals surface area contributed by atoms with Gasteiger partial charge in [-0.3, -0.25) is 9.69 Å². The molecule has 5 heteroatoms. The van der Waals surface area contributed by atoms with E-state index in [0.717, 1.165) is 32.4 Å². The molecule has 1 amide bonds. The van der Waals surface area contributed by atoms with E-state index in [1.54, 1.807) is 12.1 Å². The first-order valence-corrected chi connectivity index (χ1v) is 6.95. The highest BCUT2D eigenvalue weighted by molar-refractivity contribution is 5.82. The molecule has 2 atom stereocenters. The number of furan rings is 1. The molecule has 2 unspecified atom stereocenters. The minimum absolute atomic E-state index is 0.0107. The number of aliphatic hydroxyl groups is 1. The molecule has 19 heavy (non-hydrogen) atoms. The average Bonchev–Trinajstić information content (AvgIpc) is 3.06. The molecule has 2 N–H and O–H groups in total. The molecule has 0 aliphatic carbocycles. The van der Waals surface area contributed by atoms with Gasteiger partial charge in [-0.25, -0.2) is 0 Å². The third-order valence-electron chi connectivity index (χ3n) is 3.52. The SMILES string of the molecule is CCCN1CCCC1C(=O)NCC(O)c1ccco1. The van der Waals surface area contributed by atoms with Crippen LogP contribution in [0.4, 0.5) is 0 Å². The van der Waals surface area contributed by atoms with Crippen LogP contribution in [0.5, 0.6) is 0 Å². The monoisotopic (exact) mass is 266 g/mol. The molecule has 0 saturated carbocycles. The maximum Gasteiger partial charge on any atom is 0.237 e. The van der Waals surface area contributed by atoms with Gasteiger partial charge in [0.2, 0.25) is 5.91 Å². The van der Waals surface area contributed by atoms with Crippen molar-refractivity contribution in [3.8, 4) is 0 Å². The van der Waals surface area contributed by atoms with Gasteiger partial charge in [-0.2, -0.15) is 0 Å². The van der Waals surface area contributed by atoms with Crippen LogP contribution in [0.1, 0.15) is 38.1 Å². The fourth-order valence-corrected chi connectivity index (χ4v) is 2.57. The average molecular weight is 266 g/mol. The Balaban J connectivity index is 1.80. The number of carbonyl (C=O) groups excluding carboxylic acids is 1. The molecular weight excluding hydrogens is 244 g/mol. The summed E-state index contributed by atoms with van der Waals surface area (Å²) in [5.74, 6) is 0.494. The zero-order chi connectivity index (χ0) is 13.7. The van der Waals surface area contributed by atoms with Gasteiger partial charge in [0.1, 0.15) is 11.9 Å². The van der Waals surface area contributed by atoms with Crippen molar-refractivity contribution in [2.75, 3.05) is 19.6 Å².